The highest BCUT2D eigenvalue weighted by Gasteiger charge is 2.15. The number of aromatic nitrogens is 1. The van der Waals surface area contributed by atoms with Crippen LogP contribution in [0.5, 0.6) is 5.75 Å². The first-order valence-corrected chi connectivity index (χ1v) is 12.9. The number of nitrogens with one attached hydrogen (secondary N) is 2. The Morgan fingerprint density at radius 1 is 0.861 bits per heavy atom. The van der Waals surface area contributed by atoms with E-state index in [1.807, 2.05) is 0 Å². The van der Waals surface area contributed by atoms with Crippen LogP contribution in [0.2, 0.25) is 0 Å². The van der Waals surface area contributed by atoms with Crippen molar-refractivity contribution in [2.45, 2.75) is 4.90 Å². The largest absolute Gasteiger partial charge is 0.497 e. The van der Waals surface area contributed by atoms with Gasteiger partial charge in [0.25, 0.3) is 15.9 Å². The normalized spacial score (nSPS) is 10.9. The minimum atomic E-state index is -3.79. The molecule has 0 spiro atoms. The van der Waals surface area contributed by atoms with Crippen molar-refractivity contribution in [2.75, 3.05) is 24.3 Å². The second-order valence-electron chi connectivity index (χ2n) is 7.42. The molecule has 0 fully saturated rings. The molecule has 0 aliphatic heterocycles. The predicted octanol–water partition coefficient (Wildman–Crippen LogP) is 4.66. The maximum atomic E-state index is 12.6. The van der Waals surface area contributed by atoms with Gasteiger partial charge in [0.05, 0.1) is 30.4 Å². The number of ether oxygens (including phenoxy) is 2. The number of nitrogens with zero attached hydrogens (tertiary/aromatic N) is 1. The summed E-state index contributed by atoms with van der Waals surface area (Å²) in [6, 6.07) is 18.8. The lowest BCUT2D eigenvalue weighted by Crippen LogP contribution is -2.14. The lowest BCUT2D eigenvalue weighted by molar-refractivity contribution is 0.0600. The third-order valence-electron chi connectivity index (χ3n) is 5.10. The number of benzene rings is 3. The van der Waals surface area contributed by atoms with Crippen LogP contribution in [0.15, 0.2) is 83.1 Å². The Morgan fingerprint density at radius 2 is 1.50 bits per heavy atom. The average Bonchev–Trinajstić information content (AvgIpc) is 3.37. The first-order chi connectivity index (χ1) is 17.3. The molecule has 2 N–H and O–H groups in total. The minimum Gasteiger partial charge on any atom is -0.497 e. The standard InChI is InChI=1S/C25H21N3O6S2/c1-33-20-11-13-21(14-12-20)36(31,32)28-19-9-7-17(8-10-19)23(29)27-25-26-22(15-35-25)16-3-5-18(6-4-16)24(30)34-2/h3-15,28H,1-2H3,(H,26,27,29). The topological polar surface area (TPSA) is 124 Å². The van der Waals surface area contributed by atoms with Gasteiger partial charge in [-0.2, -0.15) is 0 Å². The van der Waals surface area contributed by atoms with E-state index >= 15 is 0 Å². The molecule has 9 nitrogen and oxygen atoms in total. The number of rotatable bonds is 8. The van der Waals surface area contributed by atoms with Crippen LogP contribution in [-0.2, 0) is 14.8 Å². The number of hydrogen-bond donors (Lipinski definition) is 2. The average molecular weight is 524 g/mol. The predicted molar refractivity (Wildman–Crippen MR) is 137 cm³/mol. The maximum Gasteiger partial charge on any atom is 0.337 e. The van der Waals surface area contributed by atoms with Crippen molar-refractivity contribution in [1.29, 1.82) is 0 Å². The molecule has 0 saturated carbocycles. The molecule has 11 heteroatoms. The molecule has 36 heavy (non-hydrogen) atoms. The van der Waals surface area contributed by atoms with Crippen molar-refractivity contribution < 1.29 is 27.5 Å². The molecular formula is C25H21N3O6S2. The fourth-order valence-electron chi connectivity index (χ4n) is 3.19. The Hall–Kier alpha value is -4.22. The van der Waals surface area contributed by atoms with E-state index in [9.17, 15) is 18.0 Å². The van der Waals surface area contributed by atoms with Crippen molar-refractivity contribution in [3.05, 3.63) is 89.3 Å². The van der Waals surface area contributed by atoms with Crippen LogP contribution < -0.4 is 14.8 Å². The molecule has 1 heterocycles. The zero-order valence-corrected chi connectivity index (χ0v) is 20.9. The molecule has 0 aliphatic rings. The van der Waals surface area contributed by atoms with Crippen molar-refractivity contribution >= 4 is 44.1 Å². The molecule has 0 bridgehead atoms. The van der Waals surface area contributed by atoms with E-state index in [2.05, 4.69) is 15.0 Å². The van der Waals surface area contributed by atoms with E-state index in [0.717, 1.165) is 5.56 Å². The van der Waals surface area contributed by atoms with E-state index in [0.29, 0.717) is 33.4 Å². The zero-order valence-electron chi connectivity index (χ0n) is 19.2. The third kappa shape index (κ3) is 5.70. The van der Waals surface area contributed by atoms with Crippen LogP contribution in [0.4, 0.5) is 10.8 Å². The summed E-state index contributed by atoms with van der Waals surface area (Å²) in [6.45, 7) is 0. The summed E-state index contributed by atoms with van der Waals surface area (Å²) < 4.78 is 37.4. The van der Waals surface area contributed by atoms with Gasteiger partial charge in [0.2, 0.25) is 0 Å². The lowest BCUT2D eigenvalue weighted by Gasteiger charge is -2.09. The van der Waals surface area contributed by atoms with E-state index in [4.69, 9.17) is 9.47 Å². The summed E-state index contributed by atoms with van der Waals surface area (Å²) in [6.07, 6.45) is 0. The Bertz CT molecular complexity index is 1480. The smallest absolute Gasteiger partial charge is 0.337 e. The fourth-order valence-corrected chi connectivity index (χ4v) is 4.96. The Kier molecular flexibility index (Phi) is 7.32. The van der Waals surface area contributed by atoms with Crippen LogP contribution >= 0.6 is 11.3 Å². The van der Waals surface area contributed by atoms with Crippen molar-refractivity contribution in [1.82, 2.24) is 4.98 Å². The number of carbonyl (C=O) groups is 2. The molecule has 0 atom stereocenters. The number of thiazole rings is 1. The first-order valence-electron chi connectivity index (χ1n) is 10.5. The van der Waals surface area contributed by atoms with Gasteiger partial charge < -0.3 is 9.47 Å². The highest BCUT2D eigenvalue weighted by Crippen LogP contribution is 2.26. The number of anilines is 2. The van der Waals surface area contributed by atoms with E-state index < -0.39 is 16.0 Å². The second kappa shape index (κ2) is 10.6. The van der Waals surface area contributed by atoms with Crippen LogP contribution in [0.3, 0.4) is 0 Å². The minimum absolute atomic E-state index is 0.0876. The quantitative estimate of drug-likeness (QED) is 0.322. The molecule has 3 aromatic carbocycles. The first kappa shape index (κ1) is 24.9. The van der Waals surface area contributed by atoms with Crippen LogP contribution in [0, 0.1) is 0 Å². The van der Waals surface area contributed by atoms with Crippen molar-refractivity contribution in [3.8, 4) is 17.0 Å². The molecule has 0 saturated heterocycles. The van der Waals surface area contributed by atoms with Gasteiger partial charge in [-0.15, -0.1) is 11.3 Å². The van der Waals surface area contributed by atoms with E-state index in [-0.39, 0.29) is 10.8 Å². The highest BCUT2D eigenvalue weighted by molar-refractivity contribution is 7.92. The molecule has 1 aromatic heterocycles. The third-order valence-corrected chi connectivity index (χ3v) is 7.25. The number of esters is 1. The fraction of sp³-hybridized carbons (Fsp3) is 0.0800. The summed E-state index contributed by atoms with van der Waals surface area (Å²) in [4.78, 5) is 28.7. The summed E-state index contributed by atoms with van der Waals surface area (Å²) in [5.74, 6) is -0.262. The molecule has 4 aromatic rings. The van der Waals surface area contributed by atoms with E-state index in [1.165, 1.54) is 62.0 Å². The monoisotopic (exact) mass is 523 g/mol. The number of carbonyl (C=O) groups excluding carboxylic acids is 2. The maximum absolute atomic E-state index is 12.6. The number of amides is 1. The highest BCUT2D eigenvalue weighted by atomic mass is 32.2. The van der Waals surface area contributed by atoms with Crippen LogP contribution in [-0.4, -0.2) is 39.5 Å². The molecule has 0 unspecified atom stereocenters. The van der Waals surface area contributed by atoms with Gasteiger partial charge in [0.15, 0.2) is 5.13 Å². The number of methoxy groups -OCH3 is 2. The van der Waals surface area contributed by atoms with Crippen LogP contribution in [0.1, 0.15) is 20.7 Å². The molecule has 1 amide bonds. The lowest BCUT2D eigenvalue weighted by atomic mass is 10.1. The molecular weight excluding hydrogens is 502 g/mol. The Morgan fingerprint density at radius 3 is 2.11 bits per heavy atom. The van der Waals surface area contributed by atoms with Gasteiger partial charge in [-0.3, -0.25) is 14.8 Å². The SMILES string of the molecule is COC(=O)c1ccc(-c2csc(NC(=O)c3ccc(NS(=O)(=O)c4ccc(OC)cc4)cc3)n2)cc1. The van der Waals surface area contributed by atoms with E-state index in [1.54, 1.807) is 41.8 Å². The second-order valence-corrected chi connectivity index (χ2v) is 9.96. The van der Waals surface area contributed by atoms with Gasteiger partial charge in [0.1, 0.15) is 5.75 Å². The van der Waals surface area contributed by atoms with Crippen molar-refractivity contribution in [3.63, 3.8) is 0 Å². The van der Waals surface area contributed by atoms with Crippen molar-refractivity contribution in [2.24, 2.45) is 0 Å². The Balaban J connectivity index is 1.40. The van der Waals surface area contributed by atoms with Crippen LogP contribution in [0.25, 0.3) is 11.3 Å². The zero-order chi connectivity index (χ0) is 25.7. The molecule has 0 radical (unpaired) electrons. The van der Waals surface area contributed by atoms with Gasteiger partial charge in [-0.25, -0.2) is 18.2 Å². The van der Waals surface area contributed by atoms with Gasteiger partial charge in [0, 0.05) is 22.2 Å². The molecule has 184 valence electrons. The van der Waals surface area contributed by atoms with Gasteiger partial charge >= 0.3 is 5.97 Å². The molecule has 4 rings (SSSR count). The van der Waals surface area contributed by atoms with Gasteiger partial charge in [-0.05, 0) is 60.7 Å². The summed E-state index contributed by atoms with van der Waals surface area (Å²) >= 11 is 1.26. The molecule has 0 aliphatic carbocycles. The van der Waals surface area contributed by atoms with Gasteiger partial charge in [-0.1, -0.05) is 12.1 Å². The summed E-state index contributed by atoms with van der Waals surface area (Å²) in [5, 5.41) is 4.93. The summed E-state index contributed by atoms with van der Waals surface area (Å²) in [7, 11) is -0.974. The Labute approximate surface area is 211 Å². The number of sulfonamides is 1. The summed E-state index contributed by atoms with van der Waals surface area (Å²) in [5.41, 5.74) is 2.51. The number of hydrogen-bond acceptors (Lipinski definition) is 8.